The van der Waals surface area contributed by atoms with Gasteiger partial charge in [0.1, 0.15) is 0 Å². The van der Waals surface area contributed by atoms with Gasteiger partial charge in [0.05, 0.1) is 6.54 Å². The Bertz CT molecular complexity index is 343. The zero-order valence-electron chi connectivity index (χ0n) is 11.3. The lowest BCUT2D eigenvalue weighted by Crippen LogP contribution is -2.44. The summed E-state index contributed by atoms with van der Waals surface area (Å²) in [4.78, 5) is 1.69. The van der Waals surface area contributed by atoms with Gasteiger partial charge in [-0.3, -0.25) is 4.90 Å². The molecule has 0 bridgehead atoms. The molecule has 0 aromatic heterocycles. The van der Waals surface area contributed by atoms with Crippen molar-refractivity contribution in [2.75, 3.05) is 33.7 Å². The highest BCUT2D eigenvalue weighted by atomic mass is 19.3. The van der Waals surface area contributed by atoms with Crippen LogP contribution in [-0.4, -0.2) is 45.1 Å². The normalized spacial score (nSPS) is 15.1. The molecule has 0 spiro atoms. The highest BCUT2D eigenvalue weighted by Gasteiger charge is 2.28. The van der Waals surface area contributed by atoms with E-state index in [1.165, 1.54) is 5.56 Å². The van der Waals surface area contributed by atoms with Gasteiger partial charge in [-0.2, -0.15) is 0 Å². The van der Waals surface area contributed by atoms with Crippen molar-refractivity contribution < 1.29 is 8.78 Å². The van der Waals surface area contributed by atoms with Crippen LogP contribution in [0.1, 0.15) is 12.5 Å². The molecular weight excluding hydrogens is 234 g/mol. The van der Waals surface area contributed by atoms with E-state index in [1.807, 2.05) is 37.4 Å². The van der Waals surface area contributed by atoms with E-state index in [1.54, 1.807) is 11.9 Å². The molecule has 0 aliphatic carbocycles. The van der Waals surface area contributed by atoms with E-state index >= 15 is 0 Å². The SMILES string of the molecule is CNCC(C)(CN(C)CC(F)F)c1ccccc1. The van der Waals surface area contributed by atoms with Crippen molar-refractivity contribution in [1.82, 2.24) is 10.2 Å². The lowest BCUT2D eigenvalue weighted by atomic mass is 9.82. The molecule has 0 aliphatic rings. The Labute approximate surface area is 108 Å². The van der Waals surface area contributed by atoms with Crippen LogP contribution in [0.15, 0.2) is 30.3 Å². The Kier molecular flexibility index (Phi) is 5.69. The summed E-state index contributed by atoms with van der Waals surface area (Å²) in [5, 5.41) is 3.15. The van der Waals surface area contributed by atoms with Crippen molar-refractivity contribution in [3.63, 3.8) is 0 Å². The first-order valence-corrected chi connectivity index (χ1v) is 6.15. The van der Waals surface area contributed by atoms with Crippen molar-refractivity contribution in [1.29, 1.82) is 0 Å². The fraction of sp³-hybridized carbons (Fsp3) is 0.571. The number of halogens is 2. The zero-order valence-corrected chi connectivity index (χ0v) is 11.3. The molecule has 1 aromatic carbocycles. The summed E-state index contributed by atoms with van der Waals surface area (Å²) < 4.78 is 24.8. The molecule has 0 heterocycles. The molecule has 0 radical (unpaired) electrons. The van der Waals surface area contributed by atoms with E-state index in [-0.39, 0.29) is 12.0 Å². The van der Waals surface area contributed by atoms with Crippen LogP contribution in [0.25, 0.3) is 0 Å². The Balaban J connectivity index is 2.80. The number of hydrogen-bond acceptors (Lipinski definition) is 2. The van der Waals surface area contributed by atoms with Crippen molar-refractivity contribution in [3.05, 3.63) is 35.9 Å². The van der Waals surface area contributed by atoms with Crippen molar-refractivity contribution in [3.8, 4) is 0 Å². The zero-order chi connectivity index (χ0) is 13.6. The van der Waals surface area contributed by atoms with Crippen LogP contribution in [0.2, 0.25) is 0 Å². The van der Waals surface area contributed by atoms with E-state index in [4.69, 9.17) is 0 Å². The van der Waals surface area contributed by atoms with Gasteiger partial charge in [-0.15, -0.1) is 0 Å². The highest BCUT2D eigenvalue weighted by molar-refractivity contribution is 5.25. The maximum atomic E-state index is 12.4. The quantitative estimate of drug-likeness (QED) is 0.805. The Morgan fingerprint density at radius 3 is 2.39 bits per heavy atom. The van der Waals surface area contributed by atoms with Crippen LogP contribution >= 0.6 is 0 Å². The number of rotatable bonds is 7. The van der Waals surface area contributed by atoms with Crippen LogP contribution in [0.5, 0.6) is 0 Å². The van der Waals surface area contributed by atoms with Gasteiger partial charge in [0.25, 0.3) is 6.43 Å². The summed E-state index contributed by atoms with van der Waals surface area (Å²) >= 11 is 0. The second kappa shape index (κ2) is 6.81. The summed E-state index contributed by atoms with van der Waals surface area (Å²) in [6.07, 6.45) is -2.29. The van der Waals surface area contributed by atoms with Crippen LogP contribution in [0, 0.1) is 0 Å². The van der Waals surface area contributed by atoms with Crippen LogP contribution in [-0.2, 0) is 5.41 Å². The monoisotopic (exact) mass is 256 g/mol. The Morgan fingerprint density at radius 1 is 1.28 bits per heavy atom. The first-order chi connectivity index (χ1) is 8.48. The molecule has 1 N–H and O–H groups in total. The van der Waals surface area contributed by atoms with Crippen molar-refractivity contribution >= 4 is 0 Å². The second-order valence-corrected chi connectivity index (χ2v) is 5.04. The first-order valence-electron chi connectivity index (χ1n) is 6.15. The topological polar surface area (TPSA) is 15.3 Å². The van der Waals surface area contributed by atoms with Gasteiger partial charge in [-0.25, -0.2) is 8.78 Å². The predicted molar refractivity (Wildman–Crippen MR) is 71.2 cm³/mol. The van der Waals surface area contributed by atoms with Gasteiger partial charge < -0.3 is 5.32 Å². The molecule has 0 saturated heterocycles. The third kappa shape index (κ3) is 4.35. The molecule has 0 saturated carbocycles. The second-order valence-electron chi connectivity index (χ2n) is 5.04. The Hall–Kier alpha value is -1.00. The molecule has 18 heavy (non-hydrogen) atoms. The maximum Gasteiger partial charge on any atom is 0.251 e. The number of hydrogen-bond donors (Lipinski definition) is 1. The average Bonchev–Trinajstić information content (AvgIpc) is 2.29. The number of alkyl halides is 2. The van der Waals surface area contributed by atoms with Gasteiger partial charge in [0.15, 0.2) is 0 Å². The molecule has 0 aliphatic heterocycles. The summed E-state index contributed by atoms with van der Waals surface area (Å²) in [6, 6.07) is 10.0. The molecule has 1 unspecified atom stereocenters. The van der Waals surface area contributed by atoms with Crippen molar-refractivity contribution in [2.24, 2.45) is 0 Å². The van der Waals surface area contributed by atoms with E-state index in [2.05, 4.69) is 12.2 Å². The summed E-state index contributed by atoms with van der Waals surface area (Å²) in [5.41, 5.74) is 1.00. The fourth-order valence-electron chi connectivity index (χ4n) is 2.38. The van der Waals surface area contributed by atoms with Crippen LogP contribution < -0.4 is 5.32 Å². The Morgan fingerprint density at radius 2 is 1.89 bits per heavy atom. The predicted octanol–water partition coefficient (Wildman–Crippen LogP) is 2.36. The van der Waals surface area contributed by atoms with E-state index < -0.39 is 6.43 Å². The summed E-state index contributed by atoms with van der Waals surface area (Å²) in [5.74, 6) is 0. The average molecular weight is 256 g/mol. The molecule has 4 heteroatoms. The lowest BCUT2D eigenvalue weighted by molar-refractivity contribution is 0.0904. The van der Waals surface area contributed by atoms with Gasteiger partial charge in [0.2, 0.25) is 0 Å². The van der Waals surface area contributed by atoms with Crippen molar-refractivity contribution in [2.45, 2.75) is 18.8 Å². The minimum absolute atomic E-state index is 0.167. The standard InChI is InChI=1S/C14H22F2N2/c1-14(10-17-2,11-18(3)9-13(15)16)12-7-5-4-6-8-12/h4-8,13,17H,9-11H2,1-3H3. The molecule has 1 rings (SSSR count). The lowest BCUT2D eigenvalue weighted by Gasteiger charge is -2.34. The molecule has 0 amide bonds. The number of nitrogens with one attached hydrogen (secondary N) is 1. The minimum Gasteiger partial charge on any atom is -0.319 e. The van der Waals surface area contributed by atoms with Gasteiger partial charge >= 0.3 is 0 Å². The molecule has 2 nitrogen and oxygen atoms in total. The van der Waals surface area contributed by atoms with Gasteiger partial charge in [0, 0.05) is 18.5 Å². The largest absolute Gasteiger partial charge is 0.319 e. The number of nitrogens with zero attached hydrogens (tertiary/aromatic N) is 1. The highest BCUT2D eigenvalue weighted by Crippen LogP contribution is 2.24. The number of likely N-dealkylation sites (N-methyl/N-ethyl adjacent to an activating group) is 2. The number of benzene rings is 1. The molecule has 0 fully saturated rings. The first kappa shape index (κ1) is 15.1. The molecule has 102 valence electrons. The van der Waals surface area contributed by atoms with E-state index in [9.17, 15) is 8.78 Å². The van der Waals surface area contributed by atoms with E-state index in [0.29, 0.717) is 6.54 Å². The van der Waals surface area contributed by atoms with E-state index in [0.717, 1.165) is 6.54 Å². The van der Waals surface area contributed by atoms with Gasteiger partial charge in [-0.05, 0) is 19.7 Å². The summed E-state index contributed by atoms with van der Waals surface area (Å²) in [6.45, 7) is 3.26. The fourth-order valence-corrected chi connectivity index (χ4v) is 2.38. The summed E-state index contributed by atoms with van der Waals surface area (Å²) in [7, 11) is 3.62. The molecular formula is C14H22F2N2. The van der Waals surface area contributed by atoms with Gasteiger partial charge in [-0.1, -0.05) is 37.3 Å². The van der Waals surface area contributed by atoms with Crippen LogP contribution in [0.3, 0.4) is 0 Å². The minimum atomic E-state index is -2.29. The maximum absolute atomic E-state index is 12.4. The smallest absolute Gasteiger partial charge is 0.251 e. The molecule has 1 atom stereocenters. The third-order valence-electron chi connectivity index (χ3n) is 3.11. The van der Waals surface area contributed by atoms with Crippen LogP contribution in [0.4, 0.5) is 8.78 Å². The molecule has 1 aromatic rings. The third-order valence-corrected chi connectivity index (χ3v) is 3.11.